The predicted molar refractivity (Wildman–Crippen MR) is 53.5 cm³/mol. The Kier molecular flexibility index (Phi) is 4.03. The number of nitrogens with one attached hydrogen (secondary N) is 1. The number of carbonyl (C=O) groups excluding carboxylic acids is 1. The van der Waals surface area contributed by atoms with Crippen molar-refractivity contribution >= 4 is 17.5 Å². The fraction of sp³-hybridized carbons (Fsp3) is 0.300. The van der Waals surface area contributed by atoms with E-state index in [2.05, 4.69) is 5.32 Å². The van der Waals surface area contributed by atoms with Crippen LogP contribution in [0.1, 0.15) is 12.5 Å². The summed E-state index contributed by atoms with van der Waals surface area (Å²) in [4.78, 5) is 11.1. The summed E-state index contributed by atoms with van der Waals surface area (Å²) >= 11 is 5.49. The lowest BCUT2D eigenvalue weighted by atomic mass is 10.2. The van der Waals surface area contributed by atoms with Gasteiger partial charge in [0.25, 0.3) is 0 Å². The summed E-state index contributed by atoms with van der Waals surface area (Å²) < 4.78 is 25.6. The summed E-state index contributed by atoms with van der Waals surface area (Å²) in [5.41, 5.74) is 0.224. The number of hydrogen-bond acceptors (Lipinski definition) is 1. The first kappa shape index (κ1) is 11.9. The Morgan fingerprint density at radius 3 is 2.73 bits per heavy atom. The zero-order chi connectivity index (χ0) is 11.4. The van der Waals surface area contributed by atoms with Gasteiger partial charge < -0.3 is 5.32 Å². The first-order valence-corrected chi connectivity index (χ1v) is 4.80. The molecule has 1 aromatic carbocycles. The van der Waals surface area contributed by atoms with Crippen molar-refractivity contribution in [2.75, 3.05) is 0 Å². The van der Waals surface area contributed by atoms with Gasteiger partial charge in [-0.15, -0.1) is 11.6 Å². The summed E-state index contributed by atoms with van der Waals surface area (Å²) in [5, 5.41) is 1.75. The zero-order valence-corrected chi connectivity index (χ0v) is 8.81. The van der Waals surface area contributed by atoms with E-state index in [1.54, 1.807) is 0 Å². The molecule has 1 N–H and O–H groups in total. The van der Waals surface area contributed by atoms with E-state index >= 15 is 0 Å². The Morgan fingerprint density at radius 2 is 2.20 bits per heavy atom. The van der Waals surface area contributed by atoms with Gasteiger partial charge in [0.1, 0.15) is 17.0 Å². The van der Waals surface area contributed by atoms with Gasteiger partial charge in [-0.05, 0) is 13.0 Å². The average molecular weight is 234 g/mol. The predicted octanol–water partition coefficient (Wildman–Crippen LogP) is 2.21. The van der Waals surface area contributed by atoms with Gasteiger partial charge in [0, 0.05) is 18.2 Å². The van der Waals surface area contributed by atoms with Crippen molar-refractivity contribution in [2.24, 2.45) is 0 Å². The van der Waals surface area contributed by atoms with Crippen LogP contribution < -0.4 is 5.32 Å². The maximum atomic E-state index is 13.1. The molecule has 0 saturated heterocycles. The second-order valence-electron chi connectivity index (χ2n) is 3.07. The number of benzene rings is 1. The molecule has 0 radical (unpaired) electrons. The molecule has 0 fully saturated rings. The molecule has 1 aromatic rings. The third-order valence-corrected chi connectivity index (χ3v) is 2.03. The van der Waals surface area contributed by atoms with Gasteiger partial charge in [-0.1, -0.05) is 6.07 Å². The summed E-state index contributed by atoms with van der Waals surface area (Å²) in [6, 6.07) is 3.18. The zero-order valence-electron chi connectivity index (χ0n) is 8.06. The molecule has 0 heterocycles. The fourth-order valence-corrected chi connectivity index (χ4v) is 1.07. The molecular weight excluding hydrogens is 224 g/mol. The topological polar surface area (TPSA) is 29.1 Å². The maximum absolute atomic E-state index is 13.1. The lowest BCUT2D eigenvalue weighted by molar-refractivity contribution is -0.120. The second-order valence-corrected chi connectivity index (χ2v) is 3.72. The normalized spacial score (nSPS) is 12.3. The number of hydrogen-bond donors (Lipinski definition) is 1. The molecule has 1 amide bonds. The molecular formula is C10H10ClF2NO. The van der Waals surface area contributed by atoms with E-state index in [1.165, 1.54) is 13.0 Å². The monoisotopic (exact) mass is 233 g/mol. The molecule has 0 bridgehead atoms. The summed E-state index contributed by atoms with van der Waals surface area (Å²) in [6.07, 6.45) is 0. The van der Waals surface area contributed by atoms with Gasteiger partial charge in [-0.3, -0.25) is 4.79 Å². The lowest BCUT2D eigenvalue weighted by Gasteiger charge is -2.07. The Hall–Kier alpha value is -1.16. The van der Waals surface area contributed by atoms with E-state index in [0.29, 0.717) is 0 Å². The van der Waals surface area contributed by atoms with Crippen LogP contribution in [0.15, 0.2) is 18.2 Å². The van der Waals surface area contributed by atoms with Crippen LogP contribution in [-0.4, -0.2) is 11.3 Å². The van der Waals surface area contributed by atoms with Crippen LogP contribution in [0.2, 0.25) is 0 Å². The van der Waals surface area contributed by atoms with E-state index < -0.39 is 17.0 Å². The molecule has 1 rings (SSSR count). The van der Waals surface area contributed by atoms with Crippen LogP contribution in [0, 0.1) is 11.6 Å². The SMILES string of the molecule is CC(Cl)C(=O)NCc1ccc(F)cc1F. The largest absolute Gasteiger partial charge is 0.351 e. The van der Waals surface area contributed by atoms with Crippen molar-refractivity contribution in [3.63, 3.8) is 0 Å². The van der Waals surface area contributed by atoms with Crippen LogP contribution in [0.3, 0.4) is 0 Å². The molecule has 0 aliphatic rings. The average Bonchev–Trinajstić information content (AvgIpc) is 2.15. The minimum Gasteiger partial charge on any atom is -0.351 e. The number of rotatable bonds is 3. The van der Waals surface area contributed by atoms with Crippen LogP contribution in [0.4, 0.5) is 8.78 Å². The quantitative estimate of drug-likeness (QED) is 0.797. The molecule has 2 nitrogen and oxygen atoms in total. The molecule has 0 spiro atoms. The van der Waals surface area contributed by atoms with Crippen molar-refractivity contribution in [1.29, 1.82) is 0 Å². The van der Waals surface area contributed by atoms with Gasteiger partial charge in [0.2, 0.25) is 5.91 Å². The Bertz CT molecular complexity index is 368. The summed E-state index contributed by atoms with van der Waals surface area (Å²) in [7, 11) is 0. The molecule has 5 heteroatoms. The van der Waals surface area contributed by atoms with Gasteiger partial charge >= 0.3 is 0 Å². The van der Waals surface area contributed by atoms with Crippen molar-refractivity contribution in [3.8, 4) is 0 Å². The highest BCUT2D eigenvalue weighted by molar-refractivity contribution is 6.30. The molecule has 15 heavy (non-hydrogen) atoms. The van der Waals surface area contributed by atoms with E-state index in [-0.39, 0.29) is 18.0 Å². The standard InChI is InChI=1S/C10H10ClF2NO/c1-6(11)10(15)14-5-7-2-3-8(12)4-9(7)13/h2-4,6H,5H2,1H3,(H,14,15). The van der Waals surface area contributed by atoms with E-state index in [1.807, 2.05) is 0 Å². The van der Waals surface area contributed by atoms with Crippen LogP contribution >= 0.6 is 11.6 Å². The summed E-state index contributed by atoms with van der Waals surface area (Å²) in [6.45, 7) is 1.51. The molecule has 0 aliphatic heterocycles. The highest BCUT2D eigenvalue weighted by Gasteiger charge is 2.09. The minimum absolute atomic E-state index is 0.00199. The third kappa shape index (κ3) is 3.47. The maximum Gasteiger partial charge on any atom is 0.238 e. The first-order chi connectivity index (χ1) is 7.00. The van der Waals surface area contributed by atoms with Crippen molar-refractivity contribution < 1.29 is 13.6 Å². The van der Waals surface area contributed by atoms with E-state index in [4.69, 9.17) is 11.6 Å². The summed E-state index contributed by atoms with van der Waals surface area (Å²) in [5.74, 6) is -1.72. The molecule has 0 aliphatic carbocycles. The van der Waals surface area contributed by atoms with E-state index in [0.717, 1.165) is 12.1 Å². The molecule has 82 valence electrons. The molecule has 0 aromatic heterocycles. The molecule has 1 unspecified atom stereocenters. The van der Waals surface area contributed by atoms with Gasteiger partial charge in [-0.2, -0.15) is 0 Å². The highest BCUT2D eigenvalue weighted by atomic mass is 35.5. The lowest BCUT2D eigenvalue weighted by Crippen LogP contribution is -2.29. The number of halogens is 3. The van der Waals surface area contributed by atoms with Crippen molar-refractivity contribution in [3.05, 3.63) is 35.4 Å². The minimum atomic E-state index is -0.683. The molecule has 0 saturated carbocycles. The fourth-order valence-electron chi connectivity index (χ4n) is 0.988. The first-order valence-electron chi connectivity index (χ1n) is 4.36. The van der Waals surface area contributed by atoms with Crippen LogP contribution in [0.25, 0.3) is 0 Å². The highest BCUT2D eigenvalue weighted by Crippen LogP contribution is 2.09. The van der Waals surface area contributed by atoms with Crippen LogP contribution in [0.5, 0.6) is 0 Å². The Morgan fingerprint density at radius 1 is 1.53 bits per heavy atom. The van der Waals surface area contributed by atoms with E-state index in [9.17, 15) is 13.6 Å². The number of amides is 1. The van der Waals surface area contributed by atoms with Gasteiger partial charge in [0.15, 0.2) is 0 Å². The van der Waals surface area contributed by atoms with Crippen molar-refractivity contribution in [2.45, 2.75) is 18.8 Å². The Labute approximate surface area is 91.2 Å². The smallest absolute Gasteiger partial charge is 0.238 e. The van der Waals surface area contributed by atoms with Crippen LogP contribution in [-0.2, 0) is 11.3 Å². The van der Waals surface area contributed by atoms with Crippen molar-refractivity contribution in [1.82, 2.24) is 5.32 Å². The third-order valence-electron chi connectivity index (χ3n) is 1.83. The van der Waals surface area contributed by atoms with Gasteiger partial charge in [-0.25, -0.2) is 8.78 Å². The van der Waals surface area contributed by atoms with Gasteiger partial charge in [0.05, 0.1) is 0 Å². The molecule has 1 atom stereocenters. The second kappa shape index (κ2) is 5.07. The number of carbonyl (C=O) groups is 1. The Balaban J connectivity index is 2.62. The number of alkyl halides is 1.